The van der Waals surface area contributed by atoms with E-state index in [2.05, 4.69) is 26.3 Å². The summed E-state index contributed by atoms with van der Waals surface area (Å²) in [5.74, 6) is 0. The number of nitriles is 1. The van der Waals surface area contributed by atoms with Crippen LogP contribution in [0.3, 0.4) is 0 Å². The quantitative estimate of drug-likeness (QED) is 0.482. The first-order valence-corrected chi connectivity index (χ1v) is 10.2. The van der Waals surface area contributed by atoms with Gasteiger partial charge >= 0.3 is 0 Å². The fourth-order valence-corrected chi connectivity index (χ4v) is 5.00. The SMILES string of the molecule is CCc1n[nH]c(=O)c2ccc(-c3cnn(C)c3-c3sc4ccncc4c3C#N)cc12. The molecule has 0 atom stereocenters. The van der Waals surface area contributed by atoms with Crippen LogP contribution in [0.4, 0.5) is 0 Å². The van der Waals surface area contributed by atoms with E-state index in [4.69, 9.17) is 0 Å². The van der Waals surface area contributed by atoms with Gasteiger partial charge in [-0.2, -0.15) is 15.5 Å². The van der Waals surface area contributed by atoms with E-state index >= 15 is 0 Å². The molecule has 0 saturated carbocycles. The van der Waals surface area contributed by atoms with E-state index in [0.717, 1.165) is 42.9 Å². The maximum absolute atomic E-state index is 12.2. The largest absolute Gasteiger partial charge is 0.272 e. The zero-order valence-corrected chi connectivity index (χ0v) is 17.1. The maximum atomic E-state index is 12.2. The molecule has 0 bridgehead atoms. The number of aromatic nitrogens is 5. The van der Waals surface area contributed by atoms with E-state index in [1.54, 1.807) is 34.6 Å². The van der Waals surface area contributed by atoms with Gasteiger partial charge in [0.2, 0.25) is 0 Å². The van der Waals surface area contributed by atoms with Crippen LogP contribution in [-0.4, -0.2) is 25.0 Å². The Morgan fingerprint density at radius 1 is 1.20 bits per heavy atom. The molecule has 0 aliphatic heterocycles. The van der Waals surface area contributed by atoms with Crippen molar-refractivity contribution in [2.75, 3.05) is 0 Å². The minimum absolute atomic E-state index is 0.205. The number of hydrogen-bond acceptors (Lipinski definition) is 6. The highest BCUT2D eigenvalue weighted by Gasteiger charge is 2.21. The Bertz CT molecular complexity index is 1540. The number of aryl methyl sites for hydroxylation is 2. The number of fused-ring (bicyclic) bond motifs is 2. The average Bonchev–Trinajstić information content (AvgIpc) is 3.33. The lowest BCUT2D eigenvalue weighted by Crippen LogP contribution is -2.10. The van der Waals surface area contributed by atoms with E-state index in [0.29, 0.717) is 17.4 Å². The molecule has 0 unspecified atom stereocenters. The molecule has 5 rings (SSSR count). The Hall–Kier alpha value is -3.83. The number of pyridine rings is 1. The molecule has 0 saturated heterocycles. The summed E-state index contributed by atoms with van der Waals surface area (Å²) >= 11 is 1.55. The van der Waals surface area contributed by atoms with Gasteiger partial charge in [-0.3, -0.25) is 14.5 Å². The van der Waals surface area contributed by atoms with E-state index in [9.17, 15) is 10.1 Å². The van der Waals surface area contributed by atoms with Gasteiger partial charge in [-0.25, -0.2) is 5.10 Å². The van der Waals surface area contributed by atoms with Crippen molar-refractivity contribution in [3.63, 3.8) is 0 Å². The van der Waals surface area contributed by atoms with Crippen molar-refractivity contribution in [3.05, 3.63) is 64.5 Å². The third-order valence-electron chi connectivity index (χ3n) is 5.27. The molecular formula is C22H16N6OS. The van der Waals surface area contributed by atoms with Gasteiger partial charge in [0.15, 0.2) is 0 Å². The summed E-state index contributed by atoms with van der Waals surface area (Å²) in [6, 6.07) is 9.98. The molecule has 0 spiro atoms. The topological polar surface area (TPSA) is 100 Å². The molecule has 4 aromatic heterocycles. The van der Waals surface area contributed by atoms with Crippen molar-refractivity contribution < 1.29 is 0 Å². The predicted molar refractivity (Wildman–Crippen MR) is 117 cm³/mol. The predicted octanol–water partition coefficient (Wildman–Crippen LogP) is 4.03. The summed E-state index contributed by atoms with van der Waals surface area (Å²) in [5.41, 5.74) is 3.92. The molecular weight excluding hydrogens is 396 g/mol. The van der Waals surface area contributed by atoms with Crippen LogP contribution in [-0.2, 0) is 13.5 Å². The van der Waals surface area contributed by atoms with Gasteiger partial charge in [-0.15, -0.1) is 11.3 Å². The molecule has 1 N–H and O–H groups in total. The lowest BCUT2D eigenvalue weighted by molar-refractivity contribution is 0.777. The van der Waals surface area contributed by atoms with Crippen molar-refractivity contribution >= 4 is 32.2 Å². The zero-order valence-electron chi connectivity index (χ0n) is 16.3. The zero-order chi connectivity index (χ0) is 20.8. The van der Waals surface area contributed by atoms with Crippen molar-refractivity contribution in [1.82, 2.24) is 25.0 Å². The van der Waals surface area contributed by atoms with E-state index in [-0.39, 0.29) is 5.56 Å². The number of rotatable bonds is 3. The minimum Gasteiger partial charge on any atom is -0.267 e. The fourth-order valence-electron chi connectivity index (χ4n) is 3.79. The lowest BCUT2D eigenvalue weighted by Gasteiger charge is -2.08. The van der Waals surface area contributed by atoms with Crippen LogP contribution in [0.25, 0.3) is 42.6 Å². The monoisotopic (exact) mass is 412 g/mol. The van der Waals surface area contributed by atoms with Gasteiger partial charge in [-0.1, -0.05) is 13.0 Å². The van der Waals surface area contributed by atoms with Crippen molar-refractivity contribution in [1.29, 1.82) is 5.26 Å². The minimum atomic E-state index is -0.205. The van der Waals surface area contributed by atoms with E-state index < -0.39 is 0 Å². The third-order valence-corrected chi connectivity index (χ3v) is 6.45. The standard InChI is InChI=1S/C22H16N6OS/c1-3-18-14-8-12(4-5-13(14)22(29)27-26-18)16-11-25-28(2)20(16)21-15(9-23)17-10-24-7-6-19(17)30-21/h4-8,10-11H,3H2,1-2H3,(H,27,29). The number of aromatic amines is 1. The molecule has 0 aliphatic carbocycles. The molecule has 146 valence electrons. The second-order valence-electron chi connectivity index (χ2n) is 6.93. The third kappa shape index (κ3) is 2.64. The van der Waals surface area contributed by atoms with Crippen LogP contribution in [0.1, 0.15) is 18.2 Å². The van der Waals surface area contributed by atoms with Crippen molar-refractivity contribution in [2.24, 2.45) is 7.05 Å². The number of nitrogens with one attached hydrogen (secondary N) is 1. The molecule has 1 aromatic carbocycles. The summed E-state index contributed by atoms with van der Waals surface area (Å²) in [4.78, 5) is 17.2. The first kappa shape index (κ1) is 18.2. The molecule has 7 nitrogen and oxygen atoms in total. The molecule has 4 heterocycles. The highest BCUT2D eigenvalue weighted by Crippen LogP contribution is 2.42. The smallest absolute Gasteiger partial charge is 0.267 e. The molecule has 0 fully saturated rings. The van der Waals surface area contributed by atoms with E-state index in [1.807, 2.05) is 38.2 Å². The summed E-state index contributed by atoms with van der Waals surface area (Å²) < 4.78 is 2.79. The summed E-state index contributed by atoms with van der Waals surface area (Å²) in [7, 11) is 1.87. The number of H-pyrrole nitrogens is 1. The summed E-state index contributed by atoms with van der Waals surface area (Å²) in [6.07, 6.45) is 5.96. The number of thiophene rings is 1. The maximum Gasteiger partial charge on any atom is 0.272 e. The lowest BCUT2D eigenvalue weighted by atomic mass is 9.99. The molecule has 0 radical (unpaired) electrons. The normalized spacial score (nSPS) is 11.2. The first-order chi connectivity index (χ1) is 14.6. The van der Waals surface area contributed by atoms with Crippen LogP contribution < -0.4 is 5.56 Å². The molecule has 0 aliphatic rings. The van der Waals surface area contributed by atoms with Crippen LogP contribution in [0.15, 0.2) is 47.7 Å². The second kappa shape index (κ2) is 6.90. The Balaban J connectivity index is 1.79. The Morgan fingerprint density at radius 2 is 2.07 bits per heavy atom. The van der Waals surface area contributed by atoms with Gasteiger partial charge in [0, 0.05) is 40.5 Å². The van der Waals surface area contributed by atoms with Gasteiger partial charge in [-0.05, 0) is 30.2 Å². The van der Waals surface area contributed by atoms with Crippen LogP contribution in [0.2, 0.25) is 0 Å². The first-order valence-electron chi connectivity index (χ1n) is 9.43. The molecule has 8 heteroatoms. The van der Waals surface area contributed by atoms with Crippen LogP contribution in [0.5, 0.6) is 0 Å². The summed E-state index contributed by atoms with van der Waals surface area (Å²) in [6.45, 7) is 2.01. The average molecular weight is 412 g/mol. The molecule has 0 amide bonds. The van der Waals surface area contributed by atoms with Crippen molar-refractivity contribution in [3.8, 4) is 27.8 Å². The molecule has 5 aromatic rings. The van der Waals surface area contributed by atoms with Gasteiger partial charge < -0.3 is 0 Å². The Morgan fingerprint density at radius 3 is 2.87 bits per heavy atom. The second-order valence-corrected chi connectivity index (χ2v) is 7.99. The summed E-state index contributed by atoms with van der Waals surface area (Å²) in [5, 5.41) is 23.4. The van der Waals surface area contributed by atoms with E-state index in [1.165, 1.54) is 0 Å². The Labute approximate surface area is 175 Å². The number of benzene rings is 1. The van der Waals surface area contributed by atoms with Crippen LogP contribution in [0, 0.1) is 11.3 Å². The number of nitrogens with zero attached hydrogens (tertiary/aromatic N) is 5. The molecule has 30 heavy (non-hydrogen) atoms. The van der Waals surface area contributed by atoms with Gasteiger partial charge in [0.05, 0.1) is 33.4 Å². The Kier molecular flexibility index (Phi) is 4.19. The van der Waals surface area contributed by atoms with Crippen molar-refractivity contribution in [2.45, 2.75) is 13.3 Å². The van der Waals surface area contributed by atoms with Gasteiger partial charge in [0.25, 0.3) is 5.56 Å². The highest BCUT2D eigenvalue weighted by atomic mass is 32.1. The highest BCUT2D eigenvalue weighted by molar-refractivity contribution is 7.22. The van der Waals surface area contributed by atoms with Crippen LogP contribution >= 0.6 is 11.3 Å². The number of hydrogen-bond donors (Lipinski definition) is 1. The fraction of sp³-hybridized carbons (Fsp3) is 0.136. The van der Waals surface area contributed by atoms with Gasteiger partial charge in [0.1, 0.15) is 6.07 Å².